The maximum Gasteiger partial charge on any atom is 0.131 e. The Morgan fingerprint density at radius 2 is 2.22 bits per heavy atom. The molecule has 0 bridgehead atoms. The molecule has 0 aliphatic heterocycles. The Balaban J connectivity index is 2.05. The number of nitrogen functional groups attached to an aromatic ring is 1. The summed E-state index contributed by atoms with van der Waals surface area (Å²) in [5.41, 5.74) is 8.33. The normalized spacial score (nSPS) is 11.2. The lowest BCUT2D eigenvalue weighted by Crippen LogP contribution is -2.08. The van der Waals surface area contributed by atoms with Crippen molar-refractivity contribution in [3.8, 4) is 0 Å². The molecule has 0 unspecified atom stereocenters. The summed E-state index contributed by atoms with van der Waals surface area (Å²) in [6.45, 7) is 3.58. The molecule has 0 saturated carbocycles. The zero-order valence-electron chi connectivity index (χ0n) is 10.1. The van der Waals surface area contributed by atoms with E-state index in [0.29, 0.717) is 12.2 Å². The Bertz CT molecular complexity index is 681. The molecule has 3 aromatic heterocycles. The first-order chi connectivity index (χ1) is 8.78. The number of fused-ring (bicyclic) bond motifs is 1. The van der Waals surface area contributed by atoms with Crippen LogP contribution in [0.15, 0.2) is 30.9 Å². The third kappa shape index (κ3) is 1.71. The molecule has 2 N–H and O–H groups in total. The molecule has 0 amide bonds. The largest absolute Gasteiger partial charge is 0.396 e. The Morgan fingerprint density at radius 3 is 2.94 bits per heavy atom. The van der Waals surface area contributed by atoms with E-state index < -0.39 is 0 Å². The number of nitrogens with zero attached hydrogens (tertiary/aromatic N) is 5. The molecule has 6 nitrogen and oxygen atoms in total. The zero-order chi connectivity index (χ0) is 12.5. The molecule has 3 aromatic rings. The summed E-state index contributed by atoms with van der Waals surface area (Å²) in [4.78, 5) is 8.68. The number of hydrogen-bond donors (Lipinski definition) is 1. The summed E-state index contributed by atoms with van der Waals surface area (Å²) in [6, 6.07) is 1.98. The standard InChI is InChI=1S/C12H14N6/c1-2-18-11-3-4-14-6-10(11)16-12(18)8-17-7-9(13)5-15-17/h3-7H,2,8,13H2,1H3. The van der Waals surface area contributed by atoms with Gasteiger partial charge < -0.3 is 10.3 Å². The van der Waals surface area contributed by atoms with E-state index in [1.807, 2.05) is 6.07 Å². The third-order valence-corrected chi connectivity index (χ3v) is 2.90. The van der Waals surface area contributed by atoms with Gasteiger partial charge in [-0.3, -0.25) is 9.67 Å². The number of aromatic nitrogens is 5. The van der Waals surface area contributed by atoms with Gasteiger partial charge in [0.2, 0.25) is 0 Å². The molecule has 0 atom stereocenters. The maximum atomic E-state index is 5.66. The number of nitrogens with two attached hydrogens (primary N) is 1. The molecule has 0 fully saturated rings. The third-order valence-electron chi connectivity index (χ3n) is 2.90. The summed E-state index contributed by atoms with van der Waals surface area (Å²) in [5.74, 6) is 0.962. The van der Waals surface area contributed by atoms with Gasteiger partial charge in [-0.2, -0.15) is 5.10 Å². The van der Waals surface area contributed by atoms with Gasteiger partial charge in [0.05, 0.1) is 30.1 Å². The van der Waals surface area contributed by atoms with Gasteiger partial charge in [-0.1, -0.05) is 0 Å². The van der Waals surface area contributed by atoms with E-state index in [0.717, 1.165) is 23.4 Å². The van der Waals surface area contributed by atoms with Crippen LogP contribution >= 0.6 is 0 Å². The summed E-state index contributed by atoms with van der Waals surface area (Å²) in [6.07, 6.45) is 7.01. The minimum absolute atomic E-state index is 0.611. The van der Waals surface area contributed by atoms with Gasteiger partial charge in [-0.25, -0.2) is 4.98 Å². The highest BCUT2D eigenvalue weighted by Gasteiger charge is 2.10. The topological polar surface area (TPSA) is 74.5 Å². The number of pyridine rings is 1. The van der Waals surface area contributed by atoms with Crippen molar-refractivity contribution < 1.29 is 0 Å². The van der Waals surface area contributed by atoms with E-state index >= 15 is 0 Å². The highest BCUT2D eigenvalue weighted by atomic mass is 15.3. The number of aryl methyl sites for hydroxylation is 1. The van der Waals surface area contributed by atoms with Crippen molar-refractivity contribution >= 4 is 16.7 Å². The first-order valence-corrected chi connectivity index (χ1v) is 5.85. The molecule has 0 saturated heterocycles. The Hall–Kier alpha value is -2.37. The number of imidazole rings is 1. The predicted molar refractivity (Wildman–Crippen MR) is 68.9 cm³/mol. The summed E-state index contributed by atoms with van der Waals surface area (Å²) in [5, 5.41) is 4.18. The first-order valence-electron chi connectivity index (χ1n) is 5.85. The van der Waals surface area contributed by atoms with Crippen LogP contribution in [0.4, 0.5) is 5.69 Å². The number of anilines is 1. The van der Waals surface area contributed by atoms with Crippen molar-refractivity contribution in [3.05, 3.63) is 36.7 Å². The van der Waals surface area contributed by atoms with Crippen molar-refractivity contribution in [2.45, 2.75) is 20.0 Å². The van der Waals surface area contributed by atoms with Crippen molar-refractivity contribution in [3.63, 3.8) is 0 Å². The molecular weight excluding hydrogens is 228 g/mol. The summed E-state index contributed by atoms with van der Waals surface area (Å²) in [7, 11) is 0. The van der Waals surface area contributed by atoms with E-state index in [1.54, 1.807) is 29.5 Å². The van der Waals surface area contributed by atoms with E-state index in [-0.39, 0.29) is 0 Å². The van der Waals surface area contributed by atoms with E-state index in [2.05, 4.69) is 26.6 Å². The molecule has 3 rings (SSSR count). The lowest BCUT2D eigenvalue weighted by molar-refractivity contribution is 0.614. The van der Waals surface area contributed by atoms with Crippen LogP contribution in [0.25, 0.3) is 11.0 Å². The second-order valence-corrected chi connectivity index (χ2v) is 4.11. The fourth-order valence-corrected chi connectivity index (χ4v) is 2.12. The van der Waals surface area contributed by atoms with Gasteiger partial charge in [-0.05, 0) is 13.0 Å². The molecule has 0 aliphatic rings. The average Bonchev–Trinajstić information content (AvgIpc) is 2.92. The molecule has 0 aromatic carbocycles. The van der Waals surface area contributed by atoms with Gasteiger partial charge in [0, 0.05) is 18.9 Å². The molecule has 0 radical (unpaired) electrons. The SMILES string of the molecule is CCn1c(Cn2cc(N)cn2)nc2cnccc21. The van der Waals surface area contributed by atoms with Crippen molar-refractivity contribution in [1.29, 1.82) is 0 Å². The van der Waals surface area contributed by atoms with Crippen molar-refractivity contribution in [2.24, 2.45) is 0 Å². The van der Waals surface area contributed by atoms with Crippen LogP contribution in [-0.4, -0.2) is 24.3 Å². The molecular formula is C12H14N6. The monoisotopic (exact) mass is 242 g/mol. The number of rotatable bonds is 3. The molecule has 6 heteroatoms. The van der Waals surface area contributed by atoms with Gasteiger partial charge in [0.25, 0.3) is 0 Å². The van der Waals surface area contributed by atoms with E-state index in [4.69, 9.17) is 5.73 Å². The van der Waals surface area contributed by atoms with Gasteiger partial charge >= 0.3 is 0 Å². The molecule has 0 aliphatic carbocycles. The molecule has 92 valence electrons. The van der Waals surface area contributed by atoms with Crippen LogP contribution in [0, 0.1) is 0 Å². The van der Waals surface area contributed by atoms with E-state index in [9.17, 15) is 0 Å². The number of hydrogen-bond acceptors (Lipinski definition) is 4. The van der Waals surface area contributed by atoms with Crippen LogP contribution in [0.2, 0.25) is 0 Å². The van der Waals surface area contributed by atoms with Gasteiger partial charge in [0.1, 0.15) is 11.3 Å². The quantitative estimate of drug-likeness (QED) is 0.750. The van der Waals surface area contributed by atoms with Crippen molar-refractivity contribution in [2.75, 3.05) is 5.73 Å². The van der Waals surface area contributed by atoms with Gasteiger partial charge in [-0.15, -0.1) is 0 Å². The maximum absolute atomic E-state index is 5.66. The van der Waals surface area contributed by atoms with Crippen LogP contribution < -0.4 is 5.73 Å². The fraction of sp³-hybridized carbons (Fsp3) is 0.250. The first kappa shape index (κ1) is 10.8. The molecule has 0 spiro atoms. The second kappa shape index (κ2) is 4.14. The Morgan fingerprint density at radius 1 is 1.33 bits per heavy atom. The molecule has 18 heavy (non-hydrogen) atoms. The minimum Gasteiger partial charge on any atom is -0.396 e. The van der Waals surface area contributed by atoms with Crippen LogP contribution in [0.3, 0.4) is 0 Å². The fourth-order valence-electron chi connectivity index (χ4n) is 2.12. The van der Waals surface area contributed by atoms with Crippen LogP contribution in [0.1, 0.15) is 12.7 Å². The average molecular weight is 242 g/mol. The highest BCUT2D eigenvalue weighted by Crippen LogP contribution is 2.15. The minimum atomic E-state index is 0.611. The van der Waals surface area contributed by atoms with Crippen molar-refractivity contribution in [1.82, 2.24) is 24.3 Å². The lowest BCUT2D eigenvalue weighted by Gasteiger charge is -2.05. The van der Waals surface area contributed by atoms with Crippen LogP contribution in [-0.2, 0) is 13.1 Å². The van der Waals surface area contributed by atoms with Crippen LogP contribution in [0.5, 0.6) is 0 Å². The zero-order valence-corrected chi connectivity index (χ0v) is 10.1. The second-order valence-electron chi connectivity index (χ2n) is 4.11. The Kier molecular flexibility index (Phi) is 2.47. The molecule has 3 heterocycles. The lowest BCUT2D eigenvalue weighted by atomic mass is 10.4. The predicted octanol–water partition coefficient (Wildman–Crippen LogP) is 1.28. The smallest absolute Gasteiger partial charge is 0.131 e. The van der Waals surface area contributed by atoms with E-state index in [1.165, 1.54) is 0 Å². The van der Waals surface area contributed by atoms with Gasteiger partial charge in [0.15, 0.2) is 0 Å². The summed E-state index contributed by atoms with van der Waals surface area (Å²) >= 11 is 0. The Labute approximate surface area is 104 Å². The summed E-state index contributed by atoms with van der Waals surface area (Å²) < 4.78 is 3.95. The highest BCUT2D eigenvalue weighted by molar-refractivity contribution is 5.74.